The van der Waals surface area contributed by atoms with Crippen LogP contribution in [0.2, 0.25) is 0 Å². The van der Waals surface area contributed by atoms with Gasteiger partial charge >= 0.3 is 13.7 Å². The van der Waals surface area contributed by atoms with Gasteiger partial charge in [-0.25, -0.2) is 18.3 Å². The molecule has 14 nitrogen and oxygen atoms in total. The Morgan fingerprint density at radius 3 is 2.72 bits per heavy atom. The van der Waals surface area contributed by atoms with Gasteiger partial charge in [0.05, 0.1) is 6.33 Å². The maximum atomic E-state index is 16.2. The molecule has 0 bridgehead atoms. The van der Waals surface area contributed by atoms with E-state index < -0.39 is 55.8 Å². The highest BCUT2D eigenvalue weighted by Gasteiger charge is 2.65. The van der Waals surface area contributed by atoms with E-state index in [1.165, 1.54) is 19.1 Å². The molecule has 1 aromatic carbocycles. The molecule has 0 radical (unpaired) electrons. The van der Waals surface area contributed by atoms with Gasteiger partial charge in [0.15, 0.2) is 23.6 Å². The van der Waals surface area contributed by atoms with Gasteiger partial charge in [-0.15, -0.1) is 0 Å². The summed E-state index contributed by atoms with van der Waals surface area (Å²) >= 11 is 0. The quantitative estimate of drug-likeness (QED) is 0.190. The number of benzene rings is 1. The largest absolute Gasteiger partial charge is 0.461 e. The van der Waals surface area contributed by atoms with Crippen LogP contribution < -0.4 is 20.9 Å². The number of esters is 1. The number of hydrogen-bond acceptors (Lipinski definition) is 11. The van der Waals surface area contributed by atoms with Crippen molar-refractivity contribution in [2.75, 3.05) is 12.3 Å². The van der Waals surface area contributed by atoms with Gasteiger partial charge in [-0.3, -0.25) is 23.7 Å². The second kappa shape index (κ2) is 11.9. The Balaban J connectivity index is 1.36. The number of imidazole rings is 1. The van der Waals surface area contributed by atoms with E-state index in [9.17, 15) is 19.3 Å². The number of nitrogen functional groups attached to an aromatic ring is 1. The number of nitrogens with zero attached hydrogens (tertiary/aromatic N) is 3. The van der Waals surface area contributed by atoms with Crippen LogP contribution in [0.5, 0.6) is 5.75 Å². The lowest BCUT2D eigenvalue weighted by molar-refractivity contribution is -0.192. The Labute approximate surface area is 244 Å². The second-order valence-electron chi connectivity index (χ2n) is 10.8. The standard InChI is InChI=1S/C26H33F2N6O8P/c1-15(21(36)40-16-9-5-3-6-10-16)33-43(38,42-17-11-7-4-8-12-17)39-13-26(28)22(27)25(2,37)23(41-26)34-14-30-18-19(34)31-24(29)32-20(18)35/h4,7-8,11-12,14-16,22-23,37H,3,5-6,9-10,13H2,1-2H3,(H,33,38)(H3,29,31,32,35)/t15?,22-,23+,25+,26+,43?/m0/s1. The third kappa shape index (κ3) is 6.43. The van der Waals surface area contributed by atoms with Crippen molar-refractivity contribution in [1.29, 1.82) is 0 Å². The Morgan fingerprint density at radius 2 is 2.02 bits per heavy atom. The van der Waals surface area contributed by atoms with E-state index in [-0.39, 0.29) is 29.0 Å². The molecule has 5 rings (SSSR count). The third-order valence-corrected chi connectivity index (χ3v) is 8.97. The van der Waals surface area contributed by atoms with E-state index in [0.717, 1.165) is 37.1 Å². The monoisotopic (exact) mass is 626 g/mol. The number of alkyl halides is 2. The van der Waals surface area contributed by atoms with Crippen molar-refractivity contribution in [2.45, 2.75) is 82.0 Å². The van der Waals surface area contributed by atoms with Crippen LogP contribution in [-0.2, 0) is 23.4 Å². The minimum absolute atomic E-state index is 0.0480. The molecule has 1 aliphatic carbocycles. The van der Waals surface area contributed by atoms with Crippen LogP contribution in [-0.4, -0.2) is 67.0 Å². The molecule has 6 atom stereocenters. The molecular formula is C26H33F2N6O8P. The molecule has 1 saturated heterocycles. The fourth-order valence-electron chi connectivity index (χ4n) is 5.11. The summed E-state index contributed by atoms with van der Waals surface area (Å²) in [7, 11) is -4.61. The maximum Gasteiger partial charge on any atom is 0.459 e. The first-order valence-corrected chi connectivity index (χ1v) is 15.3. The Kier molecular flexibility index (Phi) is 8.60. The first-order chi connectivity index (χ1) is 20.3. The number of nitrogens with two attached hydrogens (primary N) is 1. The predicted octanol–water partition coefficient (Wildman–Crippen LogP) is 3.04. The van der Waals surface area contributed by atoms with E-state index in [0.29, 0.717) is 12.8 Å². The van der Waals surface area contributed by atoms with E-state index in [2.05, 4.69) is 20.0 Å². The highest BCUT2D eigenvalue weighted by Crippen LogP contribution is 2.51. The summed E-state index contributed by atoms with van der Waals surface area (Å²) in [6.45, 7) is 0.995. The summed E-state index contributed by atoms with van der Waals surface area (Å²) in [6, 6.07) is 6.51. The lowest BCUT2D eigenvalue weighted by Gasteiger charge is -2.28. The summed E-state index contributed by atoms with van der Waals surface area (Å²) in [5.74, 6) is -4.36. The van der Waals surface area contributed by atoms with Gasteiger partial charge in [0.1, 0.15) is 30.1 Å². The average Bonchev–Trinajstić information content (AvgIpc) is 3.46. The van der Waals surface area contributed by atoms with E-state index >= 15 is 8.78 Å². The normalized spacial score (nSPS) is 28.4. The first-order valence-electron chi connectivity index (χ1n) is 13.7. The predicted molar refractivity (Wildman–Crippen MR) is 148 cm³/mol. The number of hydrogen-bond donors (Lipinski definition) is 4. The number of aliphatic hydroxyl groups is 1. The second-order valence-corrected chi connectivity index (χ2v) is 12.5. The van der Waals surface area contributed by atoms with Crippen LogP contribution >= 0.6 is 7.75 Å². The molecule has 3 aromatic rings. The Morgan fingerprint density at radius 1 is 1.33 bits per heavy atom. The fourth-order valence-corrected chi connectivity index (χ4v) is 6.61. The van der Waals surface area contributed by atoms with Crippen LogP contribution in [0.15, 0.2) is 41.5 Å². The highest BCUT2D eigenvalue weighted by molar-refractivity contribution is 7.52. The molecule has 1 aliphatic heterocycles. The van der Waals surface area contributed by atoms with Gasteiger partial charge in [-0.1, -0.05) is 24.6 Å². The van der Waals surface area contributed by atoms with Crippen molar-refractivity contribution < 1.29 is 41.8 Å². The maximum absolute atomic E-state index is 16.2. The van der Waals surface area contributed by atoms with Crippen molar-refractivity contribution in [3.63, 3.8) is 0 Å². The van der Waals surface area contributed by atoms with Gasteiger partial charge in [0.25, 0.3) is 11.4 Å². The van der Waals surface area contributed by atoms with Crippen molar-refractivity contribution in [3.05, 3.63) is 47.0 Å². The van der Waals surface area contributed by atoms with Gasteiger partial charge in [-0.05, 0) is 51.7 Å². The zero-order valence-electron chi connectivity index (χ0n) is 23.4. The van der Waals surface area contributed by atoms with Crippen LogP contribution in [0.3, 0.4) is 0 Å². The number of carbonyl (C=O) groups excluding carboxylic acids is 1. The number of aromatic nitrogens is 4. The topological polar surface area (TPSA) is 193 Å². The van der Waals surface area contributed by atoms with Gasteiger partial charge in [0, 0.05) is 0 Å². The van der Waals surface area contributed by atoms with Crippen molar-refractivity contribution in [3.8, 4) is 5.75 Å². The van der Waals surface area contributed by atoms with Gasteiger partial charge in [0.2, 0.25) is 5.95 Å². The van der Waals surface area contributed by atoms with E-state index in [4.69, 9.17) is 24.3 Å². The molecule has 2 aromatic heterocycles. The molecule has 2 aliphatic rings. The number of ether oxygens (including phenoxy) is 2. The number of carbonyl (C=O) groups is 1. The lowest BCUT2D eigenvalue weighted by Crippen LogP contribution is -2.46. The molecule has 5 N–H and O–H groups in total. The molecule has 3 heterocycles. The third-order valence-electron chi connectivity index (χ3n) is 7.34. The summed E-state index contributed by atoms with van der Waals surface area (Å²) in [5.41, 5.74) is 1.92. The summed E-state index contributed by atoms with van der Waals surface area (Å²) in [5, 5.41) is 13.4. The minimum Gasteiger partial charge on any atom is -0.461 e. The molecule has 0 amide bonds. The number of H-pyrrole nitrogens is 1. The molecule has 2 unspecified atom stereocenters. The fraction of sp³-hybridized carbons (Fsp3) is 0.538. The Hall–Kier alpha value is -3.43. The number of rotatable bonds is 10. The molecule has 43 heavy (non-hydrogen) atoms. The van der Waals surface area contributed by atoms with Crippen LogP contribution in [0.25, 0.3) is 11.2 Å². The molecule has 1 saturated carbocycles. The summed E-state index contributed by atoms with van der Waals surface area (Å²) in [6.07, 6.45) is 0.451. The molecule has 234 valence electrons. The minimum atomic E-state index is -4.61. The lowest BCUT2D eigenvalue weighted by atomic mass is 9.97. The smallest absolute Gasteiger partial charge is 0.459 e. The van der Waals surface area contributed by atoms with Crippen LogP contribution in [0.1, 0.15) is 52.2 Å². The average molecular weight is 627 g/mol. The molecule has 17 heteroatoms. The molecule has 0 spiro atoms. The molecule has 2 fully saturated rings. The van der Waals surface area contributed by atoms with Gasteiger partial charge < -0.3 is 24.8 Å². The van der Waals surface area contributed by atoms with E-state index in [1.807, 2.05) is 0 Å². The van der Waals surface area contributed by atoms with Crippen molar-refractivity contribution in [2.24, 2.45) is 0 Å². The van der Waals surface area contributed by atoms with Crippen LogP contribution in [0.4, 0.5) is 14.7 Å². The van der Waals surface area contributed by atoms with Gasteiger partial charge in [-0.2, -0.15) is 10.1 Å². The Bertz CT molecular complexity index is 1570. The van der Waals surface area contributed by atoms with Crippen molar-refractivity contribution >= 4 is 30.8 Å². The summed E-state index contributed by atoms with van der Waals surface area (Å²) < 4.78 is 68.3. The van der Waals surface area contributed by atoms with Crippen LogP contribution in [0, 0.1) is 0 Å². The number of nitrogens with one attached hydrogen (secondary N) is 2. The van der Waals surface area contributed by atoms with Crippen molar-refractivity contribution in [1.82, 2.24) is 24.6 Å². The number of aromatic amines is 1. The van der Waals surface area contributed by atoms with E-state index in [1.54, 1.807) is 18.2 Å². The number of halogens is 2. The number of para-hydroxylation sites is 1. The molecular weight excluding hydrogens is 593 g/mol. The zero-order chi connectivity index (χ0) is 31.0. The number of anilines is 1. The zero-order valence-corrected chi connectivity index (χ0v) is 24.3. The first kappa shape index (κ1) is 31.0. The summed E-state index contributed by atoms with van der Waals surface area (Å²) in [4.78, 5) is 35.0. The highest BCUT2D eigenvalue weighted by atomic mass is 31.2. The number of fused-ring (bicyclic) bond motifs is 1. The SMILES string of the molecule is CC(NP(=O)(OC[C@@]1(F)O[C@@H](n2cnc3c(=O)[nH]c(N)nc32)[C@](C)(O)[C@@H]1F)Oc1ccccc1)C(=O)OC1CCCCC1.